The van der Waals surface area contributed by atoms with Crippen molar-refractivity contribution < 1.29 is 25.2 Å². The van der Waals surface area contributed by atoms with Crippen molar-refractivity contribution in [2.24, 2.45) is 17.3 Å². The van der Waals surface area contributed by atoms with E-state index in [4.69, 9.17) is 0 Å². The van der Waals surface area contributed by atoms with Crippen LogP contribution in [0.1, 0.15) is 62.5 Å². The van der Waals surface area contributed by atoms with Gasteiger partial charge in [0.1, 0.15) is 0 Å². The largest absolute Gasteiger partial charge is 0.504 e. The number of aromatic hydroxyl groups is 2. The average Bonchev–Trinajstić information content (AvgIpc) is 2.79. The first-order chi connectivity index (χ1) is 11.7. The van der Waals surface area contributed by atoms with E-state index in [2.05, 4.69) is 6.92 Å². The monoisotopic (exact) mass is 346 g/mol. The minimum atomic E-state index is -1.12. The summed E-state index contributed by atoms with van der Waals surface area (Å²) < 4.78 is 0. The average molecular weight is 346 g/mol. The number of rotatable bonds is 2. The summed E-state index contributed by atoms with van der Waals surface area (Å²) in [6.07, 6.45) is 4.76. The molecule has 0 spiro atoms. The van der Waals surface area contributed by atoms with Crippen LogP contribution >= 0.6 is 0 Å². The molecule has 0 aromatic heterocycles. The number of fused-ring (bicyclic) bond motifs is 5. The Morgan fingerprint density at radius 1 is 1.16 bits per heavy atom. The third-order valence-electron chi connectivity index (χ3n) is 7.59. The van der Waals surface area contributed by atoms with Crippen molar-refractivity contribution in [2.45, 2.75) is 63.4 Å². The maximum Gasteiger partial charge on any atom is 0.306 e. The summed E-state index contributed by atoms with van der Waals surface area (Å²) >= 11 is 0. The van der Waals surface area contributed by atoms with E-state index in [0.29, 0.717) is 24.2 Å². The molecule has 5 nitrogen and oxygen atoms in total. The third kappa shape index (κ3) is 2.28. The molecule has 5 heteroatoms. The molecule has 5 atom stereocenters. The lowest BCUT2D eigenvalue weighted by molar-refractivity contribution is -0.153. The van der Waals surface area contributed by atoms with E-state index in [9.17, 15) is 25.2 Å². The number of carboxylic acids is 1. The molecule has 0 bridgehead atoms. The molecule has 0 heterocycles. The topological polar surface area (TPSA) is 98.0 Å². The predicted molar refractivity (Wildman–Crippen MR) is 91.6 cm³/mol. The van der Waals surface area contributed by atoms with Gasteiger partial charge in [0.25, 0.3) is 0 Å². The van der Waals surface area contributed by atoms with E-state index < -0.39 is 11.6 Å². The van der Waals surface area contributed by atoms with Crippen molar-refractivity contribution in [1.29, 1.82) is 0 Å². The fraction of sp³-hybridized carbons (Fsp3) is 0.650. The highest BCUT2D eigenvalue weighted by Crippen LogP contribution is 2.65. The van der Waals surface area contributed by atoms with Crippen LogP contribution in [0.25, 0.3) is 0 Å². The molecular weight excluding hydrogens is 320 g/mol. The summed E-state index contributed by atoms with van der Waals surface area (Å²) in [4.78, 5) is 11.3. The molecule has 4 rings (SSSR count). The Labute approximate surface area is 147 Å². The molecule has 136 valence electrons. The highest BCUT2D eigenvalue weighted by molar-refractivity contribution is 5.68. The molecule has 3 aliphatic carbocycles. The van der Waals surface area contributed by atoms with Gasteiger partial charge in [-0.1, -0.05) is 6.92 Å². The number of aliphatic carboxylic acids is 1. The second-order valence-corrected chi connectivity index (χ2v) is 8.55. The molecule has 3 aliphatic rings. The number of phenolic OH excluding ortho intramolecular Hbond substituents is 2. The van der Waals surface area contributed by atoms with Gasteiger partial charge in [0.2, 0.25) is 0 Å². The van der Waals surface area contributed by atoms with E-state index in [1.807, 2.05) is 0 Å². The minimum absolute atomic E-state index is 0.0606. The van der Waals surface area contributed by atoms with E-state index >= 15 is 0 Å². The van der Waals surface area contributed by atoms with Crippen LogP contribution in [0.3, 0.4) is 0 Å². The maximum atomic E-state index is 11.3. The van der Waals surface area contributed by atoms with Crippen LogP contribution in [0.4, 0.5) is 0 Å². The van der Waals surface area contributed by atoms with Crippen LogP contribution < -0.4 is 0 Å². The number of carboxylic acid groups (broad SMARTS) is 1. The molecule has 0 aliphatic heterocycles. The van der Waals surface area contributed by atoms with Crippen molar-refractivity contribution >= 4 is 5.97 Å². The van der Waals surface area contributed by atoms with Crippen LogP contribution in [-0.4, -0.2) is 32.0 Å². The first kappa shape index (κ1) is 16.7. The first-order valence-electron chi connectivity index (χ1n) is 9.24. The smallest absolute Gasteiger partial charge is 0.306 e. The fourth-order valence-corrected chi connectivity index (χ4v) is 6.25. The standard InChI is InChI=1S/C20H26O5/c1-19-6-4-12-13(15(19)5-7-20(19,25)10-18(23)24)3-2-11-8-16(21)17(22)9-14(11)12/h8-9,12-13,15,21-22,25H,2-7,10H2,1H3,(H,23,24)/t12-,13+,15-,19-,20+/m0/s1. The van der Waals surface area contributed by atoms with Crippen molar-refractivity contribution in [3.05, 3.63) is 23.3 Å². The van der Waals surface area contributed by atoms with Crippen molar-refractivity contribution in [3.63, 3.8) is 0 Å². The molecule has 0 saturated heterocycles. The molecule has 2 saturated carbocycles. The second-order valence-electron chi connectivity index (χ2n) is 8.55. The molecule has 4 N–H and O–H groups in total. The lowest BCUT2D eigenvalue weighted by Gasteiger charge is -2.53. The van der Waals surface area contributed by atoms with Gasteiger partial charge < -0.3 is 20.4 Å². The molecule has 25 heavy (non-hydrogen) atoms. The van der Waals surface area contributed by atoms with Gasteiger partial charge >= 0.3 is 5.97 Å². The SMILES string of the molecule is C[C@]12CC[C@@H]3c4cc(O)c(O)cc4CC[C@H]3[C@@H]1CC[C@@]2(O)CC(=O)O. The molecule has 1 aromatic carbocycles. The summed E-state index contributed by atoms with van der Waals surface area (Å²) in [5, 5.41) is 40.1. The molecular formula is C20H26O5. The molecule has 1 aromatic rings. The second kappa shape index (κ2) is 5.37. The lowest BCUT2D eigenvalue weighted by atomic mass is 9.53. The van der Waals surface area contributed by atoms with Gasteiger partial charge in [0.15, 0.2) is 11.5 Å². The van der Waals surface area contributed by atoms with Gasteiger partial charge in [-0.3, -0.25) is 4.79 Å². The Balaban J connectivity index is 1.68. The third-order valence-corrected chi connectivity index (χ3v) is 7.59. The van der Waals surface area contributed by atoms with Gasteiger partial charge in [0.05, 0.1) is 12.0 Å². The van der Waals surface area contributed by atoms with Gasteiger partial charge in [-0.25, -0.2) is 0 Å². The van der Waals surface area contributed by atoms with Crippen LogP contribution in [0.15, 0.2) is 12.1 Å². The fourth-order valence-electron chi connectivity index (χ4n) is 6.25. The maximum absolute atomic E-state index is 11.3. The van der Waals surface area contributed by atoms with E-state index in [0.717, 1.165) is 43.2 Å². The van der Waals surface area contributed by atoms with Crippen LogP contribution in [0.2, 0.25) is 0 Å². The zero-order chi connectivity index (χ0) is 18.0. The Bertz CT molecular complexity index is 729. The van der Waals surface area contributed by atoms with Crippen molar-refractivity contribution in [3.8, 4) is 11.5 Å². The number of benzene rings is 1. The summed E-state index contributed by atoms with van der Waals surface area (Å²) in [6.45, 7) is 2.08. The van der Waals surface area contributed by atoms with Crippen molar-refractivity contribution in [1.82, 2.24) is 0 Å². The lowest BCUT2D eigenvalue weighted by Crippen LogP contribution is -2.51. The highest BCUT2D eigenvalue weighted by Gasteiger charge is 2.61. The molecule has 0 radical (unpaired) electrons. The van der Waals surface area contributed by atoms with Gasteiger partial charge in [-0.15, -0.1) is 0 Å². The summed E-state index contributed by atoms with van der Waals surface area (Å²) in [7, 11) is 0. The summed E-state index contributed by atoms with van der Waals surface area (Å²) in [5.41, 5.74) is 0.760. The zero-order valence-electron chi connectivity index (χ0n) is 14.5. The van der Waals surface area contributed by atoms with Crippen LogP contribution in [-0.2, 0) is 11.2 Å². The Morgan fingerprint density at radius 2 is 1.88 bits per heavy atom. The number of phenols is 2. The quantitative estimate of drug-likeness (QED) is 0.617. The number of carbonyl (C=O) groups is 1. The highest BCUT2D eigenvalue weighted by atomic mass is 16.4. The number of aryl methyl sites for hydroxylation is 1. The van der Waals surface area contributed by atoms with Crippen LogP contribution in [0.5, 0.6) is 11.5 Å². The van der Waals surface area contributed by atoms with Gasteiger partial charge in [-0.2, -0.15) is 0 Å². The number of hydrogen-bond donors (Lipinski definition) is 4. The molecule has 0 unspecified atom stereocenters. The predicted octanol–water partition coefficient (Wildman–Crippen LogP) is 3.16. The Hall–Kier alpha value is -1.75. The van der Waals surface area contributed by atoms with E-state index in [1.54, 1.807) is 12.1 Å². The number of aliphatic hydroxyl groups is 1. The van der Waals surface area contributed by atoms with Gasteiger partial charge in [-0.05, 0) is 79.5 Å². The van der Waals surface area contributed by atoms with E-state index in [1.165, 1.54) is 0 Å². The summed E-state index contributed by atoms with van der Waals surface area (Å²) in [6, 6.07) is 3.40. The molecule has 0 amide bonds. The van der Waals surface area contributed by atoms with Gasteiger partial charge in [0, 0.05) is 5.41 Å². The zero-order valence-corrected chi connectivity index (χ0v) is 14.5. The van der Waals surface area contributed by atoms with Crippen molar-refractivity contribution in [2.75, 3.05) is 0 Å². The summed E-state index contributed by atoms with van der Waals surface area (Å²) in [5.74, 6) is -0.0322. The number of hydrogen-bond acceptors (Lipinski definition) is 4. The van der Waals surface area contributed by atoms with Crippen LogP contribution in [0, 0.1) is 17.3 Å². The van der Waals surface area contributed by atoms with E-state index in [-0.39, 0.29) is 23.3 Å². The Kier molecular flexibility index (Phi) is 3.59. The normalized spacial score (nSPS) is 39.4. The molecule has 2 fully saturated rings. The Morgan fingerprint density at radius 3 is 2.60 bits per heavy atom. The first-order valence-corrected chi connectivity index (χ1v) is 9.24. The minimum Gasteiger partial charge on any atom is -0.504 e.